The molecule has 4 nitrogen and oxygen atoms in total. The Labute approximate surface area is 106 Å². The van der Waals surface area contributed by atoms with Crippen LogP contribution in [0.25, 0.3) is 0 Å². The molecule has 0 saturated carbocycles. The van der Waals surface area contributed by atoms with Gasteiger partial charge in [0, 0.05) is 0 Å². The zero-order valence-corrected chi connectivity index (χ0v) is 10.6. The summed E-state index contributed by atoms with van der Waals surface area (Å²) in [5.41, 5.74) is 1.00. The van der Waals surface area contributed by atoms with Crippen molar-refractivity contribution in [1.29, 1.82) is 0 Å². The Balaban J connectivity index is 1.92. The first-order valence-electron chi connectivity index (χ1n) is 5.90. The van der Waals surface area contributed by atoms with E-state index in [4.69, 9.17) is 4.74 Å². The Kier molecular flexibility index (Phi) is 3.77. The first-order chi connectivity index (χ1) is 8.65. The van der Waals surface area contributed by atoms with Crippen molar-refractivity contribution in [2.45, 2.75) is 19.6 Å². The highest BCUT2D eigenvalue weighted by molar-refractivity contribution is 5.69. The number of esters is 1. The molecule has 0 N–H and O–H groups in total. The van der Waals surface area contributed by atoms with Crippen molar-refractivity contribution in [2.24, 2.45) is 7.05 Å². The van der Waals surface area contributed by atoms with Gasteiger partial charge in [-0.15, -0.1) is 0 Å². The number of rotatable bonds is 4. The van der Waals surface area contributed by atoms with Crippen LogP contribution in [-0.4, -0.2) is 10.5 Å². The van der Waals surface area contributed by atoms with Crippen molar-refractivity contribution in [3.8, 4) is 0 Å². The molecule has 0 fully saturated rings. The summed E-state index contributed by atoms with van der Waals surface area (Å²) < 4.78 is 9.06. The maximum atomic E-state index is 11.8. The van der Waals surface area contributed by atoms with Crippen molar-refractivity contribution in [3.05, 3.63) is 54.6 Å². The predicted octanol–water partition coefficient (Wildman–Crippen LogP) is 1.62. The SMILES string of the molecule is CC(OC(=O)Cn1cc[n+](C)c1)c1ccccc1. The molecule has 18 heavy (non-hydrogen) atoms. The molecule has 94 valence electrons. The third-order valence-corrected chi connectivity index (χ3v) is 2.71. The van der Waals surface area contributed by atoms with E-state index in [0.717, 1.165) is 5.56 Å². The van der Waals surface area contributed by atoms with Gasteiger partial charge >= 0.3 is 5.97 Å². The first-order valence-corrected chi connectivity index (χ1v) is 5.90. The van der Waals surface area contributed by atoms with Crippen molar-refractivity contribution in [3.63, 3.8) is 0 Å². The van der Waals surface area contributed by atoms with Crippen LogP contribution in [0.15, 0.2) is 49.1 Å². The minimum atomic E-state index is -0.234. The van der Waals surface area contributed by atoms with Crippen molar-refractivity contribution >= 4 is 5.97 Å². The second kappa shape index (κ2) is 5.49. The van der Waals surface area contributed by atoms with E-state index in [-0.39, 0.29) is 18.6 Å². The molecule has 2 rings (SSSR count). The van der Waals surface area contributed by atoms with Crippen LogP contribution in [0.3, 0.4) is 0 Å². The molecule has 0 radical (unpaired) electrons. The molecule has 0 saturated heterocycles. The van der Waals surface area contributed by atoms with Crippen molar-refractivity contribution in [1.82, 2.24) is 4.57 Å². The summed E-state index contributed by atoms with van der Waals surface area (Å²) in [5, 5.41) is 0. The molecule has 2 aromatic rings. The molecule has 0 aliphatic rings. The van der Waals surface area contributed by atoms with Crippen LogP contribution >= 0.6 is 0 Å². The average molecular weight is 245 g/mol. The first kappa shape index (κ1) is 12.4. The molecule has 4 heteroatoms. The van der Waals surface area contributed by atoms with Gasteiger partial charge in [0.05, 0.1) is 7.05 Å². The number of imidazole rings is 1. The van der Waals surface area contributed by atoms with Crippen LogP contribution < -0.4 is 4.57 Å². The minimum Gasteiger partial charge on any atom is -0.455 e. The van der Waals surface area contributed by atoms with E-state index in [1.165, 1.54) is 0 Å². The van der Waals surface area contributed by atoms with Gasteiger partial charge in [-0.05, 0) is 12.5 Å². The third-order valence-electron chi connectivity index (χ3n) is 2.71. The molecule has 0 spiro atoms. The lowest BCUT2D eigenvalue weighted by molar-refractivity contribution is -0.671. The number of aromatic nitrogens is 2. The molecule has 1 heterocycles. The minimum absolute atomic E-state index is 0.219. The number of ether oxygens (including phenoxy) is 1. The summed E-state index contributed by atoms with van der Waals surface area (Å²) in [6.07, 6.45) is 5.35. The van der Waals surface area contributed by atoms with E-state index in [1.54, 1.807) is 4.57 Å². The van der Waals surface area contributed by atoms with Gasteiger partial charge in [0.1, 0.15) is 18.5 Å². The van der Waals surface area contributed by atoms with Gasteiger partial charge in [-0.25, -0.2) is 13.9 Å². The highest BCUT2D eigenvalue weighted by atomic mass is 16.5. The quantitative estimate of drug-likeness (QED) is 0.606. The van der Waals surface area contributed by atoms with Gasteiger partial charge < -0.3 is 4.74 Å². The summed E-state index contributed by atoms with van der Waals surface area (Å²) in [5.74, 6) is -0.234. The van der Waals surface area contributed by atoms with Gasteiger partial charge in [0.2, 0.25) is 6.33 Å². The fourth-order valence-corrected chi connectivity index (χ4v) is 1.77. The Hall–Kier alpha value is -2.10. The molecule has 0 amide bonds. The molecular formula is C14H17N2O2+. The fourth-order valence-electron chi connectivity index (χ4n) is 1.77. The van der Waals surface area contributed by atoms with Crippen LogP contribution in [0.2, 0.25) is 0 Å². The molecule has 1 unspecified atom stereocenters. The van der Waals surface area contributed by atoms with Crippen molar-refractivity contribution in [2.75, 3.05) is 0 Å². The van der Waals surface area contributed by atoms with Crippen LogP contribution in [-0.2, 0) is 23.1 Å². The van der Waals surface area contributed by atoms with Gasteiger partial charge in [-0.3, -0.25) is 0 Å². The van der Waals surface area contributed by atoms with Crippen LogP contribution in [0.4, 0.5) is 0 Å². The predicted molar refractivity (Wildman–Crippen MR) is 66.6 cm³/mol. The van der Waals surface area contributed by atoms with Crippen molar-refractivity contribution < 1.29 is 14.1 Å². The Morgan fingerprint density at radius 1 is 1.39 bits per heavy atom. The number of carbonyl (C=O) groups excluding carboxylic acids is 1. The standard InChI is InChI=1S/C14H17N2O2/c1-12(13-6-4-3-5-7-13)18-14(17)10-16-9-8-15(2)11-16/h3-9,11-12H,10H2,1-2H3/q+1. The molecule has 1 aromatic carbocycles. The number of hydrogen-bond donors (Lipinski definition) is 0. The summed E-state index contributed by atoms with van der Waals surface area (Å²) in [6.45, 7) is 2.11. The summed E-state index contributed by atoms with van der Waals surface area (Å²) in [4.78, 5) is 11.8. The molecule has 1 aromatic heterocycles. The number of carbonyl (C=O) groups is 1. The molecular weight excluding hydrogens is 228 g/mol. The number of nitrogens with zero attached hydrogens (tertiary/aromatic N) is 2. The van der Waals surface area contributed by atoms with E-state index >= 15 is 0 Å². The second-order valence-electron chi connectivity index (χ2n) is 4.29. The van der Waals surface area contributed by atoms with Gasteiger partial charge in [-0.2, -0.15) is 0 Å². The second-order valence-corrected chi connectivity index (χ2v) is 4.29. The molecule has 0 aliphatic heterocycles. The fraction of sp³-hybridized carbons (Fsp3) is 0.286. The maximum Gasteiger partial charge on any atom is 0.349 e. The van der Waals surface area contributed by atoms with E-state index < -0.39 is 0 Å². The number of aryl methyl sites for hydroxylation is 1. The topological polar surface area (TPSA) is 35.1 Å². The zero-order chi connectivity index (χ0) is 13.0. The number of benzene rings is 1. The zero-order valence-electron chi connectivity index (χ0n) is 10.6. The lowest BCUT2D eigenvalue weighted by Gasteiger charge is -2.12. The molecule has 0 aliphatic carbocycles. The van der Waals surface area contributed by atoms with Crippen LogP contribution in [0.5, 0.6) is 0 Å². The lowest BCUT2D eigenvalue weighted by atomic mass is 10.1. The summed E-state index contributed by atoms with van der Waals surface area (Å²) in [7, 11) is 1.91. The summed E-state index contributed by atoms with van der Waals surface area (Å²) >= 11 is 0. The highest BCUT2D eigenvalue weighted by Crippen LogP contribution is 2.16. The van der Waals surface area contributed by atoms with Crippen LogP contribution in [0.1, 0.15) is 18.6 Å². The van der Waals surface area contributed by atoms with E-state index in [2.05, 4.69) is 0 Å². The monoisotopic (exact) mass is 245 g/mol. The van der Waals surface area contributed by atoms with Gasteiger partial charge in [-0.1, -0.05) is 30.3 Å². The van der Waals surface area contributed by atoms with E-state index in [9.17, 15) is 4.79 Å². The smallest absolute Gasteiger partial charge is 0.349 e. The normalized spacial score (nSPS) is 12.1. The lowest BCUT2D eigenvalue weighted by Crippen LogP contribution is -2.24. The summed E-state index contributed by atoms with van der Waals surface area (Å²) in [6, 6.07) is 9.72. The Morgan fingerprint density at radius 2 is 2.11 bits per heavy atom. The Morgan fingerprint density at radius 3 is 2.72 bits per heavy atom. The third kappa shape index (κ3) is 3.20. The van der Waals surface area contributed by atoms with Gasteiger partial charge in [0.25, 0.3) is 0 Å². The molecule has 1 atom stereocenters. The largest absolute Gasteiger partial charge is 0.455 e. The maximum absolute atomic E-state index is 11.8. The van der Waals surface area contributed by atoms with Gasteiger partial charge in [0.15, 0.2) is 6.54 Å². The Bertz CT molecular complexity index is 520. The highest BCUT2D eigenvalue weighted by Gasteiger charge is 2.14. The average Bonchev–Trinajstić information content (AvgIpc) is 2.75. The molecule has 0 bridgehead atoms. The number of hydrogen-bond acceptors (Lipinski definition) is 2. The van der Waals surface area contributed by atoms with E-state index in [1.807, 2.05) is 67.6 Å². The van der Waals surface area contributed by atoms with Crippen LogP contribution in [0, 0.1) is 0 Å². The van der Waals surface area contributed by atoms with E-state index in [0.29, 0.717) is 0 Å².